The molecule has 0 spiro atoms. The molecule has 1 aromatic heterocycles. The first-order chi connectivity index (χ1) is 9.16. The molecule has 1 amide bonds. The summed E-state index contributed by atoms with van der Waals surface area (Å²) in [6, 6.07) is 0. The van der Waals surface area contributed by atoms with Crippen molar-refractivity contribution in [2.45, 2.75) is 26.3 Å². The minimum atomic E-state index is -0.449. The second kappa shape index (κ2) is 6.12. The van der Waals surface area contributed by atoms with Gasteiger partial charge in [-0.05, 0) is 32.9 Å². The highest BCUT2D eigenvalue weighted by Gasteiger charge is 2.39. The van der Waals surface area contributed by atoms with E-state index in [1.54, 1.807) is 14.0 Å². The summed E-state index contributed by atoms with van der Waals surface area (Å²) in [4.78, 5) is 16.4. The van der Waals surface area contributed by atoms with Gasteiger partial charge in [-0.3, -0.25) is 4.79 Å². The summed E-state index contributed by atoms with van der Waals surface area (Å²) >= 11 is 0. The number of rotatable bonds is 5. The van der Waals surface area contributed by atoms with Crippen molar-refractivity contribution in [3.63, 3.8) is 0 Å². The zero-order valence-corrected chi connectivity index (χ0v) is 11.4. The van der Waals surface area contributed by atoms with Crippen LogP contribution in [0.3, 0.4) is 0 Å². The SMILES string of the molecule is COCC1(C(=O)NCc2nc(C)no2)CCNCC1. The number of carbonyl (C=O) groups excluding carboxylic acids is 1. The third-order valence-electron chi connectivity index (χ3n) is 3.43. The lowest BCUT2D eigenvalue weighted by Crippen LogP contribution is -2.50. The summed E-state index contributed by atoms with van der Waals surface area (Å²) in [5, 5.41) is 9.81. The summed E-state index contributed by atoms with van der Waals surface area (Å²) in [6.45, 7) is 4.10. The lowest BCUT2D eigenvalue weighted by atomic mass is 9.78. The molecule has 0 aromatic carbocycles. The number of ether oxygens (including phenoxy) is 1. The first-order valence-electron chi connectivity index (χ1n) is 6.43. The van der Waals surface area contributed by atoms with E-state index in [0.29, 0.717) is 18.3 Å². The van der Waals surface area contributed by atoms with Crippen molar-refractivity contribution in [2.75, 3.05) is 26.8 Å². The topological polar surface area (TPSA) is 89.3 Å². The Bertz CT molecular complexity index is 421. The van der Waals surface area contributed by atoms with E-state index < -0.39 is 5.41 Å². The number of piperidine rings is 1. The van der Waals surface area contributed by atoms with Crippen molar-refractivity contribution in [3.8, 4) is 0 Å². The van der Waals surface area contributed by atoms with E-state index in [-0.39, 0.29) is 12.5 Å². The van der Waals surface area contributed by atoms with Gasteiger partial charge in [-0.2, -0.15) is 4.98 Å². The fourth-order valence-electron chi connectivity index (χ4n) is 2.37. The van der Waals surface area contributed by atoms with E-state index in [2.05, 4.69) is 20.8 Å². The van der Waals surface area contributed by atoms with Crippen LogP contribution in [0.2, 0.25) is 0 Å². The molecule has 0 unspecified atom stereocenters. The summed E-state index contributed by atoms with van der Waals surface area (Å²) < 4.78 is 10.2. The molecule has 106 valence electrons. The molecule has 0 atom stereocenters. The molecule has 0 saturated carbocycles. The van der Waals surface area contributed by atoms with Crippen molar-refractivity contribution < 1.29 is 14.1 Å². The number of aryl methyl sites for hydroxylation is 1. The van der Waals surface area contributed by atoms with Crippen molar-refractivity contribution in [1.29, 1.82) is 0 Å². The normalized spacial score (nSPS) is 18.2. The molecule has 2 heterocycles. The van der Waals surface area contributed by atoms with Crippen LogP contribution in [0.5, 0.6) is 0 Å². The molecule has 1 aliphatic heterocycles. The number of amides is 1. The van der Waals surface area contributed by atoms with Crippen LogP contribution in [0.25, 0.3) is 0 Å². The number of aromatic nitrogens is 2. The van der Waals surface area contributed by atoms with Gasteiger partial charge in [0, 0.05) is 7.11 Å². The van der Waals surface area contributed by atoms with E-state index in [1.807, 2.05) is 0 Å². The van der Waals surface area contributed by atoms with Crippen molar-refractivity contribution in [2.24, 2.45) is 5.41 Å². The van der Waals surface area contributed by atoms with Crippen LogP contribution in [0.15, 0.2) is 4.52 Å². The fourth-order valence-corrected chi connectivity index (χ4v) is 2.37. The maximum atomic E-state index is 12.4. The minimum Gasteiger partial charge on any atom is -0.384 e. The van der Waals surface area contributed by atoms with Crippen LogP contribution in [0.1, 0.15) is 24.6 Å². The number of nitrogens with zero attached hydrogens (tertiary/aromatic N) is 2. The average molecular weight is 268 g/mol. The molecule has 1 saturated heterocycles. The van der Waals surface area contributed by atoms with Crippen LogP contribution < -0.4 is 10.6 Å². The van der Waals surface area contributed by atoms with Gasteiger partial charge in [-0.15, -0.1) is 0 Å². The molecule has 2 N–H and O–H groups in total. The van der Waals surface area contributed by atoms with Gasteiger partial charge in [0.1, 0.15) is 0 Å². The highest BCUT2D eigenvalue weighted by atomic mass is 16.5. The zero-order chi connectivity index (χ0) is 13.7. The van der Waals surface area contributed by atoms with E-state index in [1.165, 1.54) is 0 Å². The van der Waals surface area contributed by atoms with Gasteiger partial charge in [0.05, 0.1) is 18.6 Å². The first kappa shape index (κ1) is 14.0. The molecule has 19 heavy (non-hydrogen) atoms. The van der Waals surface area contributed by atoms with Crippen LogP contribution >= 0.6 is 0 Å². The van der Waals surface area contributed by atoms with Gasteiger partial charge in [-0.1, -0.05) is 5.16 Å². The second-order valence-corrected chi connectivity index (χ2v) is 4.88. The molecule has 1 aromatic rings. The molecule has 7 nitrogen and oxygen atoms in total. The van der Waals surface area contributed by atoms with Crippen molar-refractivity contribution >= 4 is 5.91 Å². The van der Waals surface area contributed by atoms with Crippen molar-refractivity contribution in [3.05, 3.63) is 11.7 Å². The second-order valence-electron chi connectivity index (χ2n) is 4.88. The Labute approximate surface area is 112 Å². The molecular weight excluding hydrogens is 248 g/mol. The third-order valence-corrected chi connectivity index (χ3v) is 3.43. The summed E-state index contributed by atoms with van der Waals surface area (Å²) in [7, 11) is 1.62. The Hall–Kier alpha value is -1.47. The summed E-state index contributed by atoms with van der Waals surface area (Å²) in [5.41, 5.74) is -0.449. The van der Waals surface area contributed by atoms with Crippen LogP contribution in [0, 0.1) is 12.3 Å². The lowest BCUT2D eigenvalue weighted by Gasteiger charge is -2.35. The minimum absolute atomic E-state index is 0.00768. The molecule has 1 aliphatic rings. The number of hydrogen-bond acceptors (Lipinski definition) is 6. The van der Waals surface area contributed by atoms with E-state index >= 15 is 0 Å². The largest absolute Gasteiger partial charge is 0.384 e. The molecule has 1 fully saturated rings. The number of nitrogens with one attached hydrogen (secondary N) is 2. The molecule has 2 rings (SSSR count). The van der Waals surface area contributed by atoms with E-state index in [9.17, 15) is 4.79 Å². The summed E-state index contributed by atoms with van der Waals surface area (Å²) in [5.74, 6) is 0.983. The predicted molar refractivity (Wildman–Crippen MR) is 67.3 cm³/mol. The molecular formula is C12H20N4O3. The Morgan fingerprint density at radius 1 is 1.53 bits per heavy atom. The van der Waals surface area contributed by atoms with E-state index in [4.69, 9.17) is 9.26 Å². The van der Waals surface area contributed by atoms with Gasteiger partial charge in [0.15, 0.2) is 5.82 Å². The Kier molecular flexibility index (Phi) is 4.49. The highest BCUT2D eigenvalue weighted by Crippen LogP contribution is 2.29. The van der Waals surface area contributed by atoms with Gasteiger partial charge in [0.25, 0.3) is 0 Å². The third kappa shape index (κ3) is 3.30. The fraction of sp³-hybridized carbons (Fsp3) is 0.750. The lowest BCUT2D eigenvalue weighted by molar-refractivity contribution is -0.136. The van der Waals surface area contributed by atoms with Gasteiger partial charge >= 0.3 is 0 Å². The summed E-state index contributed by atoms with van der Waals surface area (Å²) in [6.07, 6.45) is 1.55. The van der Waals surface area contributed by atoms with Crippen LogP contribution in [-0.2, 0) is 16.1 Å². The zero-order valence-electron chi connectivity index (χ0n) is 11.4. The smallest absolute Gasteiger partial charge is 0.246 e. The van der Waals surface area contributed by atoms with E-state index in [0.717, 1.165) is 25.9 Å². The maximum absolute atomic E-state index is 12.4. The maximum Gasteiger partial charge on any atom is 0.246 e. The van der Waals surface area contributed by atoms with Crippen LogP contribution in [0.4, 0.5) is 0 Å². The molecule has 0 bridgehead atoms. The number of carbonyl (C=O) groups is 1. The molecule has 7 heteroatoms. The Morgan fingerprint density at radius 2 is 2.26 bits per heavy atom. The molecule has 0 radical (unpaired) electrons. The monoisotopic (exact) mass is 268 g/mol. The van der Waals surface area contributed by atoms with Gasteiger partial charge in [-0.25, -0.2) is 0 Å². The Morgan fingerprint density at radius 3 is 2.84 bits per heavy atom. The van der Waals surface area contributed by atoms with Crippen LogP contribution in [-0.4, -0.2) is 42.9 Å². The number of hydrogen-bond donors (Lipinski definition) is 2. The Balaban J connectivity index is 1.95. The average Bonchev–Trinajstić information content (AvgIpc) is 2.83. The molecule has 0 aliphatic carbocycles. The van der Waals surface area contributed by atoms with Gasteiger partial charge < -0.3 is 19.9 Å². The number of methoxy groups -OCH3 is 1. The first-order valence-corrected chi connectivity index (χ1v) is 6.43. The quantitative estimate of drug-likeness (QED) is 0.782. The standard InChI is InChI=1S/C12H20N4O3/c1-9-15-10(19-16-9)7-14-11(17)12(8-18-2)3-5-13-6-4-12/h13H,3-8H2,1-2H3,(H,14,17). The van der Waals surface area contributed by atoms with Crippen molar-refractivity contribution in [1.82, 2.24) is 20.8 Å². The predicted octanol–water partition coefficient (Wildman–Crippen LogP) is 0.0104. The highest BCUT2D eigenvalue weighted by molar-refractivity contribution is 5.82. The van der Waals surface area contributed by atoms with Gasteiger partial charge in [0.2, 0.25) is 11.8 Å².